The molecule has 1 aromatic rings. The highest BCUT2D eigenvalue weighted by molar-refractivity contribution is 5.97. The number of nitrogens with one attached hydrogen (secondary N) is 1. The lowest BCUT2D eigenvalue weighted by Crippen LogP contribution is -2.22. The molecule has 1 aliphatic rings. The van der Waals surface area contributed by atoms with Crippen molar-refractivity contribution < 1.29 is 9.90 Å². The van der Waals surface area contributed by atoms with Crippen molar-refractivity contribution in [3.8, 4) is 0 Å². The van der Waals surface area contributed by atoms with E-state index in [0.29, 0.717) is 5.70 Å². The number of carboxylic acids is 1. The first-order valence-corrected chi connectivity index (χ1v) is 4.97. The minimum absolute atomic E-state index is 0.200. The number of hydrogen-bond donors (Lipinski definition) is 2. The maximum atomic E-state index is 11.0. The van der Waals surface area contributed by atoms with Gasteiger partial charge < -0.3 is 10.4 Å². The Morgan fingerprint density at radius 1 is 1.40 bits per heavy atom. The topological polar surface area (TPSA) is 49.3 Å². The van der Waals surface area contributed by atoms with E-state index in [-0.39, 0.29) is 6.04 Å². The van der Waals surface area contributed by atoms with Gasteiger partial charge in [0.1, 0.15) is 5.70 Å². The van der Waals surface area contributed by atoms with Crippen LogP contribution in [0, 0.1) is 0 Å². The van der Waals surface area contributed by atoms with Gasteiger partial charge in [0.2, 0.25) is 0 Å². The predicted molar refractivity (Wildman–Crippen MR) is 58.2 cm³/mol. The molecular weight excluding hydrogens is 190 g/mol. The summed E-state index contributed by atoms with van der Waals surface area (Å²) in [6.45, 7) is 1.98. The third-order valence-corrected chi connectivity index (χ3v) is 2.54. The second kappa shape index (κ2) is 3.77. The molecule has 3 heteroatoms. The Kier molecular flexibility index (Phi) is 2.46. The Hall–Kier alpha value is -1.77. The molecule has 2 N–H and O–H groups in total. The van der Waals surface area contributed by atoms with Gasteiger partial charge in [0.05, 0.1) is 0 Å². The van der Waals surface area contributed by atoms with E-state index in [1.165, 1.54) is 0 Å². The van der Waals surface area contributed by atoms with Gasteiger partial charge in [0, 0.05) is 6.04 Å². The molecule has 78 valence electrons. The number of carboxylic acid groups (broad SMARTS) is 1. The standard InChI is InChI=1S/C12H13NO2/c1-8-7-10(11(13-8)12(14)15)9-5-3-2-4-6-9/h2-6,8,13H,7H2,1H3,(H,14,15). The average Bonchev–Trinajstić information content (AvgIpc) is 2.62. The van der Waals surface area contributed by atoms with Crippen LogP contribution in [0.2, 0.25) is 0 Å². The molecule has 3 nitrogen and oxygen atoms in total. The summed E-state index contributed by atoms with van der Waals surface area (Å²) in [7, 11) is 0. The van der Waals surface area contributed by atoms with Crippen LogP contribution in [-0.4, -0.2) is 17.1 Å². The number of rotatable bonds is 2. The van der Waals surface area contributed by atoms with Crippen molar-refractivity contribution in [2.75, 3.05) is 0 Å². The Bertz CT molecular complexity index is 409. The molecule has 0 saturated heterocycles. The third kappa shape index (κ3) is 1.86. The lowest BCUT2D eigenvalue weighted by atomic mass is 10.0. The molecule has 0 fully saturated rings. The molecule has 1 aromatic carbocycles. The zero-order chi connectivity index (χ0) is 10.8. The molecule has 2 rings (SSSR count). The lowest BCUT2D eigenvalue weighted by Gasteiger charge is -2.02. The van der Waals surface area contributed by atoms with Crippen LogP contribution in [0.5, 0.6) is 0 Å². The smallest absolute Gasteiger partial charge is 0.352 e. The van der Waals surface area contributed by atoms with E-state index in [4.69, 9.17) is 5.11 Å². The van der Waals surface area contributed by atoms with Crippen molar-refractivity contribution in [3.63, 3.8) is 0 Å². The average molecular weight is 203 g/mol. The molecule has 15 heavy (non-hydrogen) atoms. The van der Waals surface area contributed by atoms with Crippen molar-refractivity contribution >= 4 is 11.5 Å². The van der Waals surface area contributed by atoms with Gasteiger partial charge in [0.15, 0.2) is 0 Å². The van der Waals surface area contributed by atoms with Crippen molar-refractivity contribution in [3.05, 3.63) is 41.6 Å². The molecule has 1 unspecified atom stereocenters. The van der Waals surface area contributed by atoms with Gasteiger partial charge in [-0.2, -0.15) is 0 Å². The number of hydrogen-bond acceptors (Lipinski definition) is 2. The second-order valence-corrected chi connectivity index (χ2v) is 3.77. The van der Waals surface area contributed by atoms with Crippen LogP contribution >= 0.6 is 0 Å². The van der Waals surface area contributed by atoms with Crippen LogP contribution in [0.3, 0.4) is 0 Å². The van der Waals surface area contributed by atoms with Crippen LogP contribution < -0.4 is 5.32 Å². The first-order chi connectivity index (χ1) is 7.18. The van der Waals surface area contributed by atoms with E-state index in [1.807, 2.05) is 37.3 Å². The Morgan fingerprint density at radius 3 is 2.67 bits per heavy atom. The van der Waals surface area contributed by atoms with E-state index in [1.54, 1.807) is 0 Å². The molecule has 1 heterocycles. The molecule has 0 aliphatic carbocycles. The zero-order valence-electron chi connectivity index (χ0n) is 8.53. The Balaban J connectivity index is 2.42. The predicted octanol–water partition coefficient (Wildman–Crippen LogP) is 1.86. The zero-order valence-corrected chi connectivity index (χ0v) is 8.53. The summed E-state index contributed by atoms with van der Waals surface area (Å²) in [5, 5.41) is 12.0. The number of benzene rings is 1. The number of carbonyl (C=O) groups is 1. The normalized spacial score (nSPS) is 20.2. The Morgan fingerprint density at radius 2 is 2.07 bits per heavy atom. The highest BCUT2D eigenvalue weighted by atomic mass is 16.4. The van der Waals surface area contributed by atoms with Crippen molar-refractivity contribution in [1.29, 1.82) is 0 Å². The molecule has 0 aromatic heterocycles. The van der Waals surface area contributed by atoms with Crippen molar-refractivity contribution in [1.82, 2.24) is 5.32 Å². The van der Waals surface area contributed by atoms with E-state index >= 15 is 0 Å². The van der Waals surface area contributed by atoms with Gasteiger partial charge in [-0.1, -0.05) is 30.3 Å². The van der Waals surface area contributed by atoms with Crippen LogP contribution in [0.1, 0.15) is 18.9 Å². The SMILES string of the molecule is CC1CC(c2ccccc2)=C(C(=O)O)N1. The molecule has 0 amide bonds. The first kappa shape index (κ1) is 9.77. The fourth-order valence-corrected chi connectivity index (χ4v) is 1.89. The molecule has 0 saturated carbocycles. The summed E-state index contributed by atoms with van der Waals surface area (Å²) < 4.78 is 0. The van der Waals surface area contributed by atoms with Gasteiger partial charge in [-0.3, -0.25) is 0 Å². The molecule has 1 atom stereocenters. The molecule has 0 radical (unpaired) electrons. The minimum atomic E-state index is -0.877. The summed E-state index contributed by atoms with van der Waals surface area (Å²) in [6, 6.07) is 9.85. The van der Waals surface area contributed by atoms with Crippen LogP contribution in [0.4, 0.5) is 0 Å². The maximum Gasteiger partial charge on any atom is 0.352 e. The lowest BCUT2D eigenvalue weighted by molar-refractivity contribution is -0.132. The summed E-state index contributed by atoms with van der Waals surface area (Å²) >= 11 is 0. The summed E-state index contributed by atoms with van der Waals surface area (Å²) in [5.74, 6) is -0.877. The molecule has 0 bridgehead atoms. The summed E-state index contributed by atoms with van der Waals surface area (Å²) in [4.78, 5) is 11.0. The van der Waals surface area contributed by atoms with E-state index in [9.17, 15) is 4.79 Å². The van der Waals surface area contributed by atoms with Gasteiger partial charge in [-0.15, -0.1) is 0 Å². The fraction of sp³-hybridized carbons (Fsp3) is 0.250. The van der Waals surface area contributed by atoms with E-state index in [0.717, 1.165) is 17.6 Å². The molecule has 0 spiro atoms. The van der Waals surface area contributed by atoms with Crippen molar-refractivity contribution in [2.24, 2.45) is 0 Å². The molecule has 1 aliphatic heterocycles. The maximum absolute atomic E-state index is 11.0. The first-order valence-electron chi connectivity index (χ1n) is 4.97. The van der Waals surface area contributed by atoms with Gasteiger partial charge in [-0.05, 0) is 24.5 Å². The van der Waals surface area contributed by atoms with Crippen LogP contribution in [0.25, 0.3) is 5.57 Å². The Labute approximate surface area is 88.4 Å². The summed E-state index contributed by atoms with van der Waals surface area (Å²) in [5.41, 5.74) is 2.23. The highest BCUT2D eigenvalue weighted by Gasteiger charge is 2.25. The third-order valence-electron chi connectivity index (χ3n) is 2.54. The fourth-order valence-electron chi connectivity index (χ4n) is 1.89. The largest absolute Gasteiger partial charge is 0.477 e. The van der Waals surface area contributed by atoms with Gasteiger partial charge >= 0.3 is 5.97 Å². The van der Waals surface area contributed by atoms with Gasteiger partial charge in [-0.25, -0.2) is 4.79 Å². The van der Waals surface area contributed by atoms with Crippen molar-refractivity contribution in [2.45, 2.75) is 19.4 Å². The minimum Gasteiger partial charge on any atom is -0.477 e. The van der Waals surface area contributed by atoms with E-state index < -0.39 is 5.97 Å². The monoisotopic (exact) mass is 203 g/mol. The number of aliphatic carboxylic acids is 1. The van der Waals surface area contributed by atoms with E-state index in [2.05, 4.69) is 5.32 Å². The summed E-state index contributed by atoms with van der Waals surface area (Å²) in [6.07, 6.45) is 0.769. The van der Waals surface area contributed by atoms with Crippen LogP contribution in [-0.2, 0) is 4.79 Å². The highest BCUT2D eigenvalue weighted by Crippen LogP contribution is 2.28. The second-order valence-electron chi connectivity index (χ2n) is 3.77. The quantitative estimate of drug-likeness (QED) is 0.771. The van der Waals surface area contributed by atoms with Crippen LogP contribution in [0.15, 0.2) is 36.0 Å². The molecular formula is C12H13NO2. The van der Waals surface area contributed by atoms with Gasteiger partial charge in [0.25, 0.3) is 0 Å².